The molecule has 0 bridgehead atoms. The van der Waals surface area contributed by atoms with E-state index in [1.54, 1.807) is 30.4 Å². The zero-order valence-electron chi connectivity index (χ0n) is 12.1. The average molecular weight is 313 g/mol. The molecule has 4 rings (SSSR count). The van der Waals surface area contributed by atoms with E-state index >= 15 is 0 Å². The van der Waals surface area contributed by atoms with Crippen LogP contribution in [0.5, 0.6) is 0 Å². The average Bonchev–Trinajstić information content (AvgIpc) is 3.11. The van der Waals surface area contributed by atoms with E-state index in [1.165, 1.54) is 17.8 Å². The van der Waals surface area contributed by atoms with Crippen molar-refractivity contribution in [1.82, 2.24) is 15.0 Å². The molecule has 2 aromatic heterocycles. The summed E-state index contributed by atoms with van der Waals surface area (Å²) < 4.78 is 5.02. The second kappa shape index (κ2) is 5.21. The number of ether oxygens (including phenoxy) is 1. The van der Waals surface area contributed by atoms with Gasteiger partial charge in [-0.2, -0.15) is 0 Å². The molecule has 0 spiro atoms. The third kappa shape index (κ3) is 2.39. The number of rotatable bonds is 4. The Hall–Kier alpha value is -2.21. The van der Waals surface area contributed by atoms with Crippen molar-refractivity contribution >= 4 is 28.3 Å². The Morgan fingerprint density at radius 1 is 1.41 bits per heavy atom. The third-order valence-corrected chi connectivity index (χ3v) is 4.69. The van der Waals surface area contributed by atoms with Gasteiger partial charge in [-0.15, -0.1) is 11.3 Å². The number of esters is 1. The summed E-state index contributed by atoms with van der Waals surface area (Å²) in [5, 5.41) is 3.24. The summed E-state index contributed by atoms with van der Waals surface area (Å²) in [6.45, 7) is 2.16. The Morgan fingerprint density at radius 2 is 2.27 bits per heavy atom. The summed E-state index contributed by atoms with van der Waals surface area (Å²) in [5.74, 6) is 1.09. The number of thiazole rings is 1. The summed E-state index contributed by atoms with van der Waals surface area (Å²) in [4.78, 5) is 24.2. The van der Waals surface area contributed by atoms with E-state index in [0.29, 0.717) is 18.1 Å². The first-order valence-corrected chi connectivity index (χ1v) is 8.25. The van der Waals surface area contributed by atoms with E-state index in [-0.39, 0.29) is 5.97 Å². The minimum absolute atomic E-state index is 0.315. The number of benzene rings is 1. The van der Waals surface area contributed by atoms with Gasteiger partial charge in [-0.25, -0.2) is 14.8 Å². The molecule has 112 valence electrons. The van der Waals surface area contributed by atoms with Crippen molar-refractivity contribution in [3.05, 3.63) is 34.2 Å². The number of nitrogens with zero attached hydrogens (tertiary/aromatic N) is 2. The van der Waals surface area contributed by atoms with Crippen LogP contribution in [0.2, 0.25) is 0 Å². The molecule has 0 amide bonds. The van der Waals surface area contributed by atoms with Crippen molar-refractivity contribution in [3.63, 3.8) is 0 Å². The number of imidazole rings is 1. The van der Waals surface area contributed by atoms with Crippen LogP contribution in [-0.2, 0) is 4.74 Å². The number of H-pyrrole nitrogens is 1. The Kier molecular flexibility index (Phi) is 3.18. The van der Waals surface area contributed by atoms with Gasteiger partial charge in [-0.3, -0.25) is 0 Å². The highest BCUT2D eigenvalue weighted by Crippen LogP contribution is 2.42. The highest BCUT2D eigenvalue weighted by Gasteiger charge is 2.27. The number of aromatic nitrogens is 3. The highest BCUT2D eigenvalue weighted by atomic mass is 32.1. The predicted molar refractivity (Wildman–Crippen MR) is 85.1 cm³/mol. The molecule has 0 saturated heterocycles. The third-order valence-electron chi connectivity index (χ3n) is 3.68. The molecular formula is C16H15N3O2S. The quantitative estimate of drug-likeness (QED) is 0.745. The van der Waals surface area contributed by atoms with Crippen LogP contribution in [0.25, 0.3) is 22.6 Å². The molecule has 6 heteroatoms. The molecular weight excluding hydrogens is 298 g/mol. The van der Waals surface area contributed by atoms with Crippen LogP contribution in [0.3, 0.4) is 0 Å². The normalized spacial score (nSPS) is 14.4. The molecule has 5 nitrogen and oxygen atoms in total. The first-order valence-electron chi connectivity index (χ1n) is 7.37. The first-order chi connectivity index (χ1) is 10.7. The fourth-order valence-corrected chi connectivity index (χ4v) is 3.36. The maximum atomic E-state index is 11.8. The van der Waals surface area contributed by atoms with Crippen LogP contribution in [-0.4, -0.2) is 27.5 Å². The van der Waals surface area contributed by atoms with E-state index < -0.39 is 0 Å². The zero-order chi connectivity index (χ0) is 15.1. The van der Waals surface area contributed by atoms with Crippen LogP contribution < -0.4 is 0 Å². The van der Waals surface area contributed by atoms with Gasteiger partial charge in [0.15, 0.2) is 5.82 Å². The lowest BCUT2D eigenvalue weighted by molar-refractivity contribution is 0.0526. The van der Waals surface area contributed by atoms with E-state index in [9.17, 15) is 4.79 Å². The lowest BCUT2D eigenvalue weighted by atomic mass is 10.2. The van der Waals surface area contributed by atoms with Crippen molar-refractivity contribution in [3.8, 4) is 11.5 Å². The number of carbonyl (C=O) groups excluding carboxylic acids is 1. The highest BCUT2D eigenvalue weighted by molar-refractivity contribution is 7.10. The Bertz CT molecular complexity index is 848. The van der Waals surface area contributed by atoms with Gasteiger partial charge in [-0.1, -0.05) is 0 Å². The number of aromatic amines is 1. The van der Waals surface area contributed by atoms with Crippen molar-refractivity contribution in [2.75, 3.05) is 6.61 Å². The molecule has 0 unspecified atom stereocenters. The fraction of sp³-hybridized carbons (Fsp3) is 0.312. The molecule has 1 fully saturated rings. The van der Waals surface area contributed by atoms with Gasteiger partial charge in [0.2, 0.25) is 0 Å². The lowest BCUT2D eigenvalue weighted by Gasteiger charge is -2.00. The molecule has 0 atom stereocenters. The van der Waals surface area contributed by atoms with Crippen LogP contribution in [0.4, 0.5) is 0 Å². The molecule has 1 N–H and O–H groups in total. The number of hydrogen-bond donors (Lipinski definition) is 1. The minimum atomic E-state index is -0.315. The number of carbonyl (C=O) groups is 1. The largest absolute Gasteiger partial charge is 0.462 e. The molecule has 22 heavy (non-hydrogen) atoms. The number of fused-ring (bicyclic) bond motifs is 1. The predicted octanol–water partition coefficient (Wildman–Crippen LogP) is 3.74. The SMILES string of the molecule is CCOC(=O)c1ccc2nc(-c3csc(C4CC4)n3)[nH]c2c1. The summed E-state index contributed by atoms with van der Waals surface area (Å²) in [6.07, 6.45) is 2.49. The monoisotopic (exact) mass is 313 g/mol. The van der Waals surface area contributed by atoms with Gasteiger partial charge in [0, 0.05) is 11.3 Å². The standard InChI is InChI=1S/C16H15N3O2S/c1-2-21-16(20)10-5-6-11-12(7-10)18-14(17-11)13-8-22-15(19-13)9-3-4-9/h5-9H,2-4H2,1H3,(H,17,18). The van der Waals surface area contributed by atoms with Crippen molar-refractivity contribution in [2.45, 2.75) is 25.7 Å². The molecule has 0 radical (unpaired) electrons. The molecule has 0 aliphatic heterocycles. The summed E-state index contributed by atoms with van der Waals surface area (Å²) in [6, 6.07) is 5.34. The summed E-state index contributed by atoms with van der Waals surface area (Å²) in [5.41, 5.74) is 3.05. The van der Waals surface area contributed by atoms with Crippen molar-refractivity contribution in [1.29, 1.82) is 0 Å². The van der Waals surface area contributed by atoms with Gasteiger partial charge in [-0.05, 0) is 38.0 Å². The minimum Gasteiger partial charge on any atom is -0.462 e. The maximum absolute atomic E-state index is 11.8. The van der Waals surface area contributed by atoms with E-state index in [1.807, 2.05) is 11.4 Å². The van der Waals surface area contributed by atoms with Gasteiger partial charge < -0.3 is 9.72 Å². The van der Waals surface area contributed by atoms with Gasteiger partial charge in [0.05, 0.1) is 28.2 Å². The smallest absolute Gasteiger partial charge is 0.338 e. The van der Waals surface area contributed by atoms with Crippen LogP contribution in [0.15, 0.2) is 23.6 Å². The Balaban J connectivity index is 1.68. The molecule has 2 heterocycles. The summed E-state index contributed by atoms with van der Waals surface area (Å²) >= 11 is 1.69. The molecule has 1 aliphatic carbocycles. The van der Waals surface area contributed by atoms with Crippen LogP contribution >= 0.6 is 11.3 Å². The number of nitrogens with one attached hydrogen (secondary N) is 1. The second-order valence-corrected chi connectivity index (χ2v) is 6.27. The van der Waals surface area contributed by atoms with Gasteiger partial charge in [0.1, 0.15) is 5.69 Å². The van der Waals surface area contributed by atoms with Crippen molar-refractivity contribution < 1.29 is 9.53 Å². The first kappa shape index (κ1) is 13.5. The Morgan fingerprint density at radius 3 is 3.05 bits per heavy atom. The second-order valence-electron chi connectivity index (χ2n) is 5.38. The molecule has 1 aliphatic rings. The maximum Gasteiger partial charge on any atom is 0.338 e. The Labute approximate surface area is 131 Å². The van der Waals surface area contributed by atoms with Gasteiger partial charge >= 0.3 is 5.97 Å². The molecule has 1 saturated carbocycles. The van der Waals surface area contributed by atoms with Crippen molar-refractivity contribution in [2.24, 2.45) is 0 Å². The number of hydrogen-bond acceptors (Lipinski definition) is 5. The van der Waals surface area contributed by atoms with Gasteiger partial charge in [0.25, 0.3) is 0 Å². The molecule has 1 aromatic carbocycles. The van der Waals surface area contributed by atoms with E-state index in [4.69, 9.17) is 4.74 Å². The zero-order valence-corrected chi connectivity index (χ0v) is 12.9. The fourth-order valence-electron chi connectivity index (χ4n) is 2.39. The van der Waals surface area contributed by atoms with E-state index in [0.717, 1.165) is 22.6 Å². The summed E-state index contributed by atoms with van der Waals surface area (Å²) in [7, 11) is 0. The topological polar surface area (TPSA) is 67.9 Å². The lowest BCUT2D eigenvalue weighted by Crippen LogP contribution is -2.04. The van der Waals surface area contributed by atoms with Crippen LogP contribution in [0.1, 0.15) is 41.0 Å². The van der Waals surface area contributed by atoms with E-state index in [2.05, 4.69) is 15.0 Å². The van der Waals surface area contributed by atoms with Crippen LogP contribution in [0, 0.1) is 0 Å². The molecule has 3 aromatic rings.